The molecule has 0 amide bonds. The smallest absolute Gasteiger partial charge is 0.0790 e. The van der Waals surface area contributed by atoms with Crippen molar-refractivity contribution in [2.24, 2.45) is 5.41 Å². The monoisotopic (exact) mass is 252 g/mol. The van der Waals surface area contributed by atoms with Gasteiger partial charge < -0.3 is 5.11 Å². The average Bonchev–Trinajstić information content (AvgIpc) is 2.26. The maximum absolute atomic E-state index is 10.1. The van der Waals surface area contributed by atoms with E-state index in [9.17, 15) is 5.11 Å². The van der Waals surface area contributed by atoms with Crippen LogP contribution in [0.25, 0.3) is 0 Å². The van der Waals surface area contributed by atoms with Gasteiger partial charge in [0.15, 0.2) is 0 Å². The van der Waals surface area contributed by atoms with Crippen LogP contribution in [0.4, 0.5) is 0 Å². The zero-order valence-corrected chi connectivity index (χ0v) is 12.2. The summed E-state index contributed by atoms with van der Waals surface area (Å²) in [6.45, 7) is 8.78. The highest BCUT2D eigenvalue weighted by Crippen LogP contribution is 2.28. The van der Waals surface area contributed by atoms with Crippen molar-refractivity contribution in [3.05, 3.63) is 29.8 Å². The Morgan fingerprint density at radius 2 is 1.76 bits per heavy atom. The van der Waals surface area contributed by atoms with E-state index in [1.165, 1.54) is 4.90 Å². The molecular formula is C15H24OS. The lowest BCUT2D eigenvalue weighted by atomic mass is 9.88. The molecule has 0 bridgehead atoms. The molecule has 17 heavy (non-hydrogen) atoms. The SMILES string of the molecule is CCSc1ccc(C(O)CCC(C)(C)C)cc1. The van der Waals surface area contributed by atoms with E-state index >= 15 is 0 Å². The van der Waals surface area contributed by atoms with Crippen LogP contribution in [0.1, 0.15) is 52.2 Å². The lowest BCUT2D eigenvalue weighted by molar-refractivity contribution is 0.147. The molecule has 1 N–H and O–H groups in total. The Morgan fingerprint density at radius 1 is 1.18 bits per heavy atom. The topological polar surface area (TPSA) is 20.2 Å². The molecule has 1 rings (SSSR count). The first-order valence-electron chi connectivity index (χ1n) is 6.33. The van der Waals surface area contributed by atoms with Gasteiger partial charge in [-0.05, 0) is 41.7 Å². The molecule has 1 atom stereocenters. The minimum absolute atomic E-state index is 0.291. The maximum Gasteiger partial charge on any atom is 0.0790 e. The van der Waals surface area contributed by atoms with Crippen LogP contribution in [0.5, 0.6) is 0 Å². The van der Waals surface area contributed by atoms with E-state index in [0.717, 1.165) is 24.2 Å². The summed E-state index contributed by atoms with van der Waals surface area (Å²) < 4.78 is 0. The highest BCUT2D eigenvalue weighted by atomic mass is 32.2. The zero-order valence-electron chi connectivity index (χ0n) is 11.4. The molecule has 0 radical (unpaired) electrons. The van der Waals surface area contributed by atoms with Crippen LogP contribution in [0, 0.1) is 5.41 Å². The number of rotatable bonds is 5. The summed E-state index contributed by atoms with van der Waals surface area (Å²) in [7, 11) is 0. The number of hydrogen-bond acceptors (Lipinski definition) is 2. The molecule has 1 unspecified atom stereocenters. The zero-order chi connectivity index (χ0) is 12.9. The molecule has 0 fully saturated rings. The molecule has 0 aliphatic carbocycles. The van der Waals surface area contributed by atoms with E-state index in [4.69, 9.17) is 0 Å². The van der Waals surface area contributed by atoms with E-state index in [-0.39, 0.29) is 6.10 Å². The van der Waals surface area contributed by atoms with Crippen molar-refractivity contribution < 1.29 is 5.11 Å². The Balaban J connectivity index is 2.54. The Kier molecular flexibility index (Phi) is 5.54. The molecule has 0 aliphatic heterocycles. The summed E-state index contributed by atoms with van der Waals surface area (Å²) in [6, 6.07) is 8.30. The van der Waals surface area contributed by atoms with Crippen LogP contribution < -0.4 is 0 Å². The lowest BCUT2D eigenvalue weighted by Crippen LogP contribution is -2.08. The van der Waals surface area contributed by atoms with Crippen molar-refractivity contribution in [2.75, 3.05) is 5.75 Å². The minimum atomic E-state index is -0.324. The van der Waals surface area contributed by atoms with E-state index < -0.39 is 0 Å². The van der Waals surface area contributed by atoms with Gasteiger partial charge >= 0.3 is 0 Å². The molecule has 96 valence electrons. The first-order valence-corrected chi connectivity index (χ1v) is 7.32. The van der Waals surface area contributed by atoms with E-state index in [0.29, 0.717) is 5.41 Å². The van der Waals surface area contributed by atoms with Crippen LogP contribution in [-0.4, -0.2) is 10.9 Å². The first-order chi connectivity index (χ1) is 7.92. The minimum Gasteiger partial charge on any atom is -0.388 e. The van der Waals surface area contributed by atoms with Gasteiger partial charge in [-0.25, -0.2) is 0 Å². The van der Waals surface area contributed by atoms with Crippen molar-refractivity contribution in [3.8, 4) is 0 Å². The molecule has 0 heterocycles. The maximum atomic E-state index is 10.1. The molecule has 1 nitrogen and oxygen atoms in total. The van der Waals surface area contributed by atoms with Gasteiger partial charge in [-0.15, -0.1) is 11.8 Å². The summed E-state index contributed by atoms with van der Waals surface area (Å²) in [5.74, 6) is 1.09. The van der Waals surface area contributed by atoms with Crippen LogP contribution in [-0.2, 0) is 0 Å². The molecule has 0 saturated heterocycles. The average molecular weight is 252 g/mol. The molecular weight excluding hydrogens is 228 g/mol. The fourth-order valence-electron chi connectivity index (χ4n) is 1.69. The number of aliphatic hydroxyl groups excluding tert-OH is 1. The van der Waals surface area contributed by atoms with Gasteiger partial charge in [0.2, 0.25) is 0 Å². The molecule has 0 spiro atoms. The van der Waals surface area contributed by atoms with Gasteiger partial charge in [0, 0.05) is 4.90 Å². The highest BCUT2D eigenvalue weighted by molar-refractivity contribution is 7.99. The number of aliphatic hydroxyl groups is 1. The Morgan fingerprint density at radius 3 is 2.24 bits per heavy atom. The van der Waals surface area contributed by atoms with Gasteiger partial charge in [-0.2, -0.15) is 0 Å². The van der Waals surface area contributed by atoms with Crippen LogP contribution >= 0.6 is 11.8 Å². The van der Waals surface area contributed by atoms with Crippen molar-refractivity contribution in [2.45, 2.75) is 51.5 Å². The predicted molar refractivity (Wildman–Crippen MR) is 76.5 cm³/mol. The predicted octanol–water partition coefficient (Wildman–Crippen LogP) is 4.66. The third-order valence-electron chi connectivity index (χ3n) is 2.74. The summed E-state index contributed by atoms with van der Waals surface area (Å²) >= 11 is 1.83. The highest BCUT2D eigenvalue weighted by Gasteiger charge is 2.14. The summed E-state index contributed by atoms with van der Waals surface area (Å²) in [6.07, 6.45) is 1.55. The second-order valence-electron chi connectivity index (χ2n) is 5.62. The van der Waals surface area contributed by atoms with Crippen molar-refractivity contribution in [1.29, 1.82) is 0 Å². The molecule has 1 aromatic carbocycles. The number of benzene rings is 1. The normalized spacial score (nSPS) is 13.7. The quantitative estimate of drug-likeness (QED) is 0.769. The largest absolute Gasteiger partial charge is 0.388 e. The lowest BCUT2D eigenvalue weighted by Gasteiger charge is -2.20. The number of thioether (sulfide) groups is 1. The van der Waals surface area contributed by atoms with Crippen LogP contribution in [0.3, 0.4) is 0 Å². The van der Waals surface area contributed by atoms with Crippen molar-refractivity contribution in [3.63, 3.8) is 0 Å². The molecule has 0 aromatic heterocycles. The fraction of sp³-hybridized carbons (Fsp3) is 0.600. The number of hydrogen-bond donors (Lipinski definition) is 1. The Bertz CT molecular complexity index is 324. The van der Waals surface area contributed by atoms with Crippen molar-refractivity contribution in [1.82, 2.24) is 0 Å². The summed E-state index contributed by atoms with van der Waals surface area (Å²) in [4.78, 5) is 1.28. The second kappa shape index (κ2) is 6.46. The van der Waals surface area contributed by atoms with Crippen LogP contribution in [0.15, 0.2) is 29.2 Å². The Labute approximate surface area is 110 Å². The van der Waals surface area contributed by atoms with Gasteiger partial charge in [0.1, 0.15) is 0 Å². The molecule has 0 saturated carbocycles. The third-order valence-corrected chi connectivity index (χ3v) is 3.64. The van der Waals surface area contributed by atoms with Gasteiger partial charge in [0.05, 0.1) is 6.10 Å². The standard InChI is InChI=1S/C15H24OS/c1-5-17-13-8-6-12(7-9-13)14(16)10-11-15(2,3)4/h6-9,14,16H,5,10-11H2,1-4H3. The van der Waals surface area contributed by atoms with Gasteiger partial charge in [-0.1, -0.05) is 39.8 Å². The summed E-state index contributed by atoms with van der Waals surface area (Å²) in [5.41, 5.74) is 1.33. The van der Waals surface area contributed by atoms with Gasteiger partial charge in [0.25, 0.3) is 0 Å². The summed E-state index contributed by atoms with van der Waals surface area (Å²) in [5, 5.41) is 10.1. The molecule has 1 aromatic rings. The van der Waals surface area contributed by atoms with Gasteiger partial charge in [-0.3, -0.25) is 0 Å². The second-order valence-corrected chi connectivity index (χ2v) is 6.95. The third kappa shape index (κ3) is 5.60. The fourth-order valence-corrected chi connectivity index (χ4v) is 2.35. The Hall–Kier alpha value is -0.470. The van der Waals surface area contributed by atoms with E-state index in [1.54, 1.807) is 0 Å². The van der Waals surface area contributed by atoms with E-state index in [1.807, 2.05) is 23.9 Å². The van der Waals surface area contributed by atoms with Crippen molar-refractivity contribution >= 4 is 11.8 Å². The molecule has 0 aliphatic rings. The molecule has 2 heteroatoms. The van der Waals surface area contributed by atoms with Crippen LogP contribution in [0.2, 0.25) is 0 Å². The van der Waals surface area contributed by atoms with E-state index in [2.05, 4.69) is 39.8 Å². The first kappa shape index (κ1) is 14.6.